The van der Waals surface area contributed by atoms with E-state index in [2.05, 4.69) is 12.2 Å². The highest BCUT2D eigenvalue weighted by atomic mass is 32.2. The summed E-state index contributed by atoms with van der Waals surface area (Å²) in [4.78, 5) is 0.0269. The van der Waals surface area contributed by atoms with Crippen LogP contribution in [0, 0.1) is 5.92 Å². The molecule has 0 atom stereocenters. The molecule has 0 amide bonds. The lowest BCUT2D eigenvalue weighted by atomic mass is 9.99. The molecule has 16 heavy (non-hydrogen) atoms. The molecule has 7 heteroatoms. The summed E-state index contributed by atoms with van der Waals surface area (Å²) in [7, 11) is -1.63. The SMILES string of the molecule is COCC1CCN(S(=O)(=O)CC(N)=S)CC1. The minimum Gasteiger partial charge on any atom is -0.392 e. The van der Waals surface area contributed by atoms with Crippen molar-refractivity contribution in [1.29, 1.82) is 0 Å². The Kier molecular flexibility index (Phi) is 5.10. The predicted molar refractivity (Wildman–Crippen MR) is 66.7 cm³/mol. The highest BCUT2D eigenvalue weighted by Gasteiger charge is 2.28. The molecular weight excluding hydrogens is 248 g/mol. The van der Waals surface area contributed by atoms with Crippen molar-refractivity contribution in [3.05, 3.63) is 0 Å². The Bertz CT molecular complexity index is 335. The van der Waals surface area contributed by atoms with Gasteiger partial charge in [0.2, 0.25) is 10.0 Å². The number of sulfonamides is 1. The van der Waals surface area contributed by atoms with Crippen LogP contribution in [0.4, 0.5) is 0 Å². The number of hydrogen-bond acceptors (Lipinski definition) is 4. The smallest absolute Gasteiger partial charge is 0.220 e. The maximum atomic E-state index is 11.8. The van der Waals surface area contributed by atoms with Crippen LogP contribution in [-0.2, 0) is 14.8 Å². The Morgan fingerprint density at radius 1 is 1.50 bits per heavy atom. The van der Waals surface area contributed by atoms with Crippen LogP contribution in [0.3, 0.4) is 0 Å². The fourth-order valence-electron chi connectivity index (χ4n) is 1.86. The first-order valence-corrected chi connectivity index (χ1v) is 7.22. The van der Waals surface area contributed by atoms with E-state index in [9.17, 15) is 8.42 Å². The van der Waals surface area contributed by atoms with Gasteiger partial charge >= 0.3 is 0 Å². The molecule has 0 radical (unpaired) electrons. The summed E-state index contributed by atoms with van der Waals surface area (Å²) in [5.74, 6) is 0.235. The van der Waals surface area contributed by atoms with Crippen molar-refractivity contribution < 1.29 is 13.2 Å². The zero-order valence-corrected chi connectivity index (χ0v) is 11.0. The second kappa shape index (κ2) is 5.90. The van der Waals surface area contributed by atoms with Crippen LogP contribution < -0.4 is 5.73 Å². The lowest BCUT2D eigenvalue weighted by Crippen LogP contribution is -2.42. The molecular formula is C9H18N2O3S2. The van der Waals surface area contributed by atoms with Gasteiger partial charge in [-0.2, -0.15) is 0 Å². The number of rotatable bonds is 5. The second-order valence-corrected chi connectivity index (χ2v) is 6.51. The molecule has 0 aromatic carbocycles. The molecule has 1 aliphatic rings. The van der Waals surface area contributed by atoms with Gasteiger partial charge in [-0.1, -0.05) is 12.2 Å². The zero-order chi connectivity index (χ0) is 12.2. The number of thiocarbonyl (C=S) groups is 1. The lowest BCUT2D eigenvalue weighted by Gasteiger charge is -2.30. The molecule has 0 spiro atoms. The standard InChI is InChI=1S/C9H18N2O3S2/c1-14-6-8-2-4-11(5-3-8)16(12,13)7-9(10)15/h8H,2-7H2,1H3,(H2,10,15). The topological polar surface area (TPSA) is 72.6 Å². The van der Waals surface area contributed by atoms with Crippen molar-refractivity contribution in [3.8, 4) is 0 Å². The van der Waals surface area contributed by atoms with Crippen molar-refractivity contribution >= 4 is 27.2 Å². The molecule has 0 unspecified atom stereocenters. The van der Waals surface area contributed by atoms with Crippen molar-refractivity contribution in [2.45, 2.75) is 12.8 Å². The van der Waals surface area contributed by atoms with Gasteiger partial charge in [-0.3, -0.25) is 0 Å². The van der Waals surface area contributed by atoms with Gasteiger partial charge in [0.05, 0.1) is 4.99 Å². The first-order valence-electron chi connectivity index (χ1n) is 5.21. The molecule has 1 aliphatic heterocycles. The number of hydrogen-bond donors (Lipinski definition) is 1. The second-order valence-electron chi connectivity index (χ2n) is 4.02. The third-order valence-electron chi connectivity index (χ3n) is 2.69. The van der Waals surface area contributed by atoms with Gasteiger partial charge in [0, 0.05) is 26.8 Å². The molecule has 0 aromatic rings. The summed E-state index contributed by atoms with van der Waals surface area (Å²) < 4.78 is 30.1. The summed E-state index contributed by atoms with van der Waals surface area (Å²) >= 11 is 4.63. The van der Waals surface area contributed by atoms with E-state index in [1.807, 2.05) is 0 Å². The average Bonchev–Trinajstić information content (AvgIpc) is 2.17. The summed E-state index contributed by atoms with van der Waals surface area (Å²) in [5, 5.41) is 0. The number of ether oxygens (including phenoxy) is 1. The van der Waals surface area contributed by atoms with Crippen LogP contribution in [0.5, 0.6) is 0 Å². The number of nitrogens with zero attached hydrogens (tertiary/aromatic N) is 1. The van der Waals surface area contributed by atoms with E-state index >= 15 is 0 Å². The molecule has 1 rings (SSSR count). The minimum atomic E-state index is -3.29. The molecule has 0 bridgehead atoms. The fourth-order valence-corrected chi connectivity index (χ4v) is 3.62. The van der Waals surface area contributed by atoms with Gasteiger partial charge in [0.1, 0.15) is 5.75 Å². The predicted octanol–water partition coefficient (Wildman–Crippen LogP) is -0.0393. The molecule has 1 fully saturated rings. The monoisotopic (exact) mass is 266 g/mol. The van der Waals surface area contributed by atoms with Crippen LogP contribution in [0.25, 0.3) is 0 Å². The third kappa shape index (κ3) is 3.97. The first-order chi connectivity index (χ1) is 7.45. The number of nitrogens with two attached hydrogens (primary N) is 1. The van der Waals surface area contributed by atoms with Gasteiger partial charge in [-0.05, 0) is 18.8 Å². The maximum Gasteiger partial charge on any atom is 0.220 e. The molecule has 2 N–H and O–H groups in total. The molecule has 0 aliphatic carbocycles. The molecule has 94 valence electrons. The molecule has 0 saturated carbocycles. The summed E-state index contributed by atoms with van der Waals surface area (Å²) in [6, 6.07) is 0. The lowest BCUT2D eigenvalue weighted by molar-refractivity contribution is 0.121. The van der Waals surface area contributed by atoms with Crippen LogP contribution in [-0.4, -0.2) is 50.3 Å². The van der Waals surface area contributed by atoms with Crippen LogP contribution in [0.15, 0.2) is 0 Å². The van der Waals surface area contributed by atoms with Crippen molar-refractivity contribution in [2.24, 2.45) is 11.7 Å². The van der Waals surface area contributed by atoms with E-state index in [1.165, 1.54) is 4.31 Å². The highest BCUT2D eigenvalue weighted by molar-refractivity contribution is 7.92. The Balaban J connectivity index is 2.50. The molecule has 1 heterocycles. The minimum absolute atomic E-state index is 0.0269. The molecule has 5 nitrogen and oxygen atoms in total. The van der Waals surface area contributed by atoms with E-state index in [0.29, 0.717) is 25.6 Å². The Hall–Kier alpha value is -0.240. The van der Waals surface area contributed by atoms with Gasteiger partial charge in [0.15, 0.2) is 0 Å². The first kappa shape index (κ1) is 13.8. The van der Waals surface area contributed by atoms with Crippen LogP contribution >= 0.6 is 12.2 Å². The zero-order valence-electron chi connectivity index (χ0n) is 9.39. The third-order valence-corrected chi connectivity index (χ3v) is 4.85. The van der Waals surface area contributed by atoms with Crippen molar-refractivity contribution in [1.82, 2.24) is 4.31 Å². The Morgan fingerprint density at radius 3 is 2.50 bits per heavy atom. The Labute approximate surface area is 102 Å². The molecule has 1 saturated heterocycles. The van der Waals surface area contributed by atoms with Crippen molar-refractivity contribution in [3.63, 3.8) is 0 Å². The van der Waals surface area contributed by atoms with Crippen LogP contribution in [0.2, 0.25) is 0 Å². The molecule has 0 aromatic heterocycles. The normalized spacial score (nSPS) is 19.8. The largest absolute Gasteiger partial charge is 0.392 e. The van der Waals surface area contributed by atoms with E-state index in [0.717, 1.165) is 12.8 Å². The van der Waals surface area contributed by atoms with E-state index in [4.69, 9.17) is 10.5 Å². The van der Waals surface area contributed by atoms with E-state index < -0.39 is 10.0 Å². The van der Waals surface area contributed by atoms with E-state index in [-0.39, 0.29) is 10.7 Å². The summed E-state index contributed by atoms with van der Waals surface area (Å²) in [6.45, 7) is 1.78. The fraction of sp³-hybridized carbons (Fsp3) is 0.889. The number of methoxy groups -OCH3 is 1. The van der Waals surface area contributed by atoms with Gasteiger partial charge < -0.3 is 10.5 Å². The van der Waals surface area contributed by atoms with Crippen LogP contribution in [0.1, 0.15) is 12.8 Å². The maximum absolute atomic E-state index is 11.8. The Morgan fingerprint density at radius 2 is 2.06 bits per heavy atom. The van der Waals surface area contributed by atoms with Crippen molar-refractivity contribution in [2.75, 3.05) is 32.6 Å². The van der Waals surface area contributed by atoms with E-state index in [1.54, 1.807) is 7.11 Å². The van der Waals surface area contributed by atoms with Gasteiger partial charge in [0.25, 0.3) is 0 Å². The number of piperidine rings is 1. The summed E-state index contributed by atoms with van der Waals surface area (Å²) in [6.07, 6.45) is 1.68. The summed E-state index contributed by atoms with van der Waals surface area (Å²) in [5.41, 5.74) is 5.27. The quantitative estimate of drug-likeness (QED) is 0.707. The highest BCUT2D eigenvalue weighted by Crippen LogP contribution is 2.19. The van der Waals surface area contributed by atoms with Gasteiger partial charge in [-0.25, -0.2) is 12.7 Å². The van der Waals surface area contributed by atoms with Gasteiger partial charge in [-0.15, -0.1) is 0 Å². The average molecular weight is 266 g/mol.